The molecule has 3 saturated carbocycles. The predicted molar refractivity (Wildman–Crippen MR) is 218 cm³/mol. The fraction of sp³-hybridized carbons (Fsp3) is 0.592. The summed E-state index contributed by atoms with van der Waals surface area (Å²) in [7, 11) is 0. The van der Waals surface area contributed by atoms with E-state index in [1.54, 1.807) is 11.1 Å². The predicted octanol–water partition coefficient (Wildman–Crippen LogP) is 12.6. The van der Waals surface area contributed by atoms with Gasteiger partial charge < -0.3 is 10.1 Å². The summed E-state index contributed by atoms with van der Waals surface area (Å²) in [6.07, 6.45) is 26.5. The van der Waals surface area contributed by atoms with Crippen LogP contribution >= 0.6 is 0 Å². The topological polar surface area (TPSA) is 51.2 Å². The zero-order valence-electron chi connectivity index (χ0n) is 33.2. The van der Waals surface area contributed by atoms with Crippen LogP contribution in [0.3, 0.4) is 0 Å². The maximum absolute atomic E-state index is 15.3. The quantitative estimate of drug-likeness (QED) is 0.275. The van der Waals surface area contributed by atoms with Crippen LogP contribution in [-0.4, -0.2) is 24.0 Å². The van der Waals surface area contributed by atoms with Crippen LogP contribution in [0.15, 0.2) is 76.9 Å². The Labute approximate surface area is 322 Å². The highest BCUT2D eigenvalue weighted by Gasteiger charge is 2.55. The molecule has 0 amide bonds. The summed E-state index contributed by atoms with van der Waals surface area (Å²) in [5, 5.41) is 4.56. The number of carbonyl (C=O) groups excluding carboxylic acids is 1. The summed E-state index contributed by atoms with van der Waals surface area (Å²) in [5.74, 6) is 4.22. The molecule has 4 unspecified atom stereocenters. The Morgan fingerprint density at radius 2 is 1.78 bits per heavy atom. The van der Waals surface area contributed by atoms with Crippen LogP contribution in [0.5, 0.6) is 0 Å². The molecule has 1 saturated heterocycles. The fourth-order valence-electron chi connectivity index (χ4n) is 11.7. The maximum atomic E-state index is 15.3. The zero-order chi connectivity index (χ0) is 37.1. The van der Waals surface area contributed by atoms with E-state index in [2.05, 4.69) is 69.4 Å². The lowest BCUT2D eigenvalue weighted by atomic mass is 9.50. The van der Waals surface area contributed by atoms with Gasteiger partial charge in [-0.1, -0.05) is 69.9 Å². The molecule has 4 atom stereocenters. The minimum atomic E-state index is -0.236. The van der Waals surface area contributed by atoms with E-state index in [4.69, 9.17) is 9.72 Å². The van der Waals surface area contributed by atoms with E-state index >= 15 is 4.39 Å². The molecule has 1 aromatic heterocycles. The number of rotatable bonds is 8. The molecule has 6 aliphatic carbocycles. The number of Topliss-reactive ketones (excluding diaryl/α,β-unsaturated/α-hetero) is 1. The normalized spacial score (nSPS) is 32.9. The molecule has 286 valence electrons. The molecule has 0 bridgehead atoms. The van der Waals surface area contributed by atoms with Crippen LogP contribution < -0.4 is 5.32 Å². The number of nitrogens with one attached hydrogen (secondary N) is 1. The van der Waals surface area contributed by atoms with Gasteiger partial charge in [0.25, 0.3) is 0 Å². The number of halogens is 1. The van der Waals surface area contributed by atoms with Crippen molar-refractivity contribution in [3.8, 4) is 0 Å². The van der Waals surface area contributed by atoms with Crippen molar-refractivity contribution in [3.63, 3.8) is 0 Å². The molecule has 1 aromatic carbocycles. The van der Waals surface area contributed by atoms with Gasteiger partial charge in [0.15, 0.2) is 5.78 Å². The van der Waals surface area contributed by atoms with Gasteiger partial charge in [0.1, 0.15) is 5.83 Å². The van der Waals surface area contributed by atoms with Crippen LogP contribution in [0.25, 0.3) is 16.5 Å². The number of benzene rings is 1. The molecule has 2 heterocycles. The number of hydrogen-bond donors (Lipinski definition) is 1. The Bertz CT molecular complexity index is 1960. The van der Waals surface area contributed by atoms with Crippen molar-refractivity contribution in [2.75, 3.05) is 18.5 Å². The number of nitrogens with zero attached hydrogens (tertiary/aromatic N) is 1. The van der Waals surface area contributed by atoms with Gasteiger partial charge in [-0.15, -0.1) is 0 Å². The Morgan fingerprint density at radius 1 is 0.963 bits per heavy atom. The maximum Gasteiger partial charge on any atom is 0.165 e. The number of anilines is 1. The Hall–Kier alpha value is -3.31. The standard InChI is InChI=1S/C49H61FN2O2/c1-5-6-31-8-9-33(18-31)35-20-37(21-35)41-22-38-19-34(10-11-43(38)49(48(41)53)15-13-32(14-16-49)40-27-54-28-40)36-24-46-42(23-39(26-51-46)29(2)3)47(25-36)52-45-12-7-30(4)17-44(45)50/h7,12,19,22-26,29-32,37-38,40,43,52H,5-6,8-11,13-18,20-21,27-28H2,1-4H3. The van der Waals surface area contributed by atoms with Crippen molar-refractivity contribution in [1.29, 1.82) is 0 Å². The third kappa shape index (κ3) is 6.58. The van der Waals surface area contributed by atoms with Gasteiger partial charge in [-0.05, 0) is 159 Å². The monoisotopic (exact) mass is 728 g/mol. The molecule has 1 aliphatic heterocycles. The van der Waals surface area contributed by atoms with Crippen LogP contribution in [0.4, 0.5) is 10.1 Å². The first kappa shape index (κ1) is 36.3. The second kappa shape index (κ2) is 14.6. The number of pyridine rings is 1. The van der Waals surface area contributed by atoms with E-state index in [9.17, 15) is 4.79 Å². The SMILES string of the molecule is CCCC1CCC(=C2CC(C3=CC4C=C(c5cc(NC6=C(F)CC(C)C=C6)c6cc(C(C)C)cnc6c5)CCC4C4(CCC(C5COC5)CC4)C3=O)C2)C1. The second-order valence-electron chi connectivity index (χ2n) is 18.9. The van der Waals surface area contributed by atoms with Gasteiger partial charge in [-0.3, -0.25) is 9.78 Å². The van der Waals surface area contributed by atoms with Crippen molar-refractivity contribution < 1.29 is 13.9 Å². The van der Waals surface area contributed by atoms with Crippen LogP contribution in [0, 0.1) is 46.8 Å². The molecular weight excluding hydrogens is 668 g/mol. The average Bonchev–Trinajstić information content (AvgIpc) is 3.58. The molecule has 4 nitrogen and oxygen atoms in total. The van der Waals surface area contributed by atoms with E-state index < -0.39 is 0 Å². The number of fused-ring (bicyclic) bond motifs is 3. The lowest BCUT2D eigenvalue weighted by Gasteiger charge is -2.53. The van der Waals surface area contributed by atoms with E-state index in [0.29, 0.717) is 47.5 Å². The first-order chi connectivity index (χ1) is 26.2. The van der Waals surface area contributed by atoms with Crippen LogP contribution in [0.1, 0.15) is 135 Å². The summed E-state index contributed by atoms with van der Waals surface area (Å²) in [6, 6.07) is 6.72. The van der Waals surface area contributed by atoms with E-state index in [-0.39, 0.29) is 23.1 Å². The zero-order valence-corrected chi connectivity index (χ0v) is 33.2. The summed E-state index contributed by atoms with van der Waals surface area (Å²) in [6.45, 7) is 10.6. The fourth-order valence-corrected chi connectivity index (χ4v) is 11.7. The number of aromatic nitrogens is 1. The number of carbonyl (C=O) groups is 1. The highest BCUT2D eigenvalue weighted by Crippen LogP contribution is 2.59. The van der Waals surface area contributed by atoms with E-state index in [0.717, 1.165) is 98.2 Å². The summed E-state index contributed by atoms with van der Waals surface area (Å²) < 4.78 is 20.9. The molecule has 1 spiro atoms. The number of ether oxygens (including phenoxy) is 1. The lowest BCUT2D eigenvalue weighted by molar-refractivity contribution is -0.137. The van der Waals surface area contributed by atoms with Crippen molar-refractivity contribution in [2.24, 2.45) is 46.8 Å². The summed E-state index contributed by atoms with van der Waals surface area (Å²) >= 11 is 0. The molecule has 2 aromatic rings. The van der Waals surface area contributed by atoms with E-state index in [1.807, 2.05) is 12.3 Å². The van der Waals surface area contributed by atoms with Crippen molar-refractivity contribution in [3.05, 3.63) is 88.1 Å². The molecule has 54 heavy (non-hydrogen) atoms. The minimum absolute atomic E-state index is 0.0888. The molecule has 4 fully saturated rings. The molecule has 9 rings (SSSR count). The Kier molecular flexibility index (Phi) is 9.85. The van der Waals surface area contributed by atoms with Gasteiger partial charge in [0.05, 0.1) is 24.4 Å². The second-order valence-corrected chi connectivity index (χ2v) is 18.9. The first-order valence-corrected chi connectivity index (χ1v) is 21.7. The molecule has 7 aliphatic rings. The lowest BCUT2D eigenvalue weighted by Crippen LogP contribution is -2.51. The number of hydrogen-bond acceptors (Lipinski definition) is 4. The molecular formula is C49H61FN2O2. The van der Waals surface area contributed by atoms with Gasteiger partial charge in [0.2, 0.25) is 0 Å². The van der Waals surface area contributed by atoms with Gasteiger partial charge in [-0.2, -0.15) is 0 Å². The van der Waals surface area contributed by atoms with Crippen molar-refractivity contribution >= 4 is 27.9 Å². The van der Waals surface area contributed by atoms with Gasteiger partial charge in [-0.25, -0.2) is 4.39 Å². The smallest absolute Gasteiger partial charge is 0.165 e. The van der Waals surface area contributed by atoms with Gasteiger partial charge in [0, 0.05) is 35.0 Å². The third-order valence-corrected chi connectivity index (χ3v) is 15.2. The highest BCUT2D eigenvalue weighted by atomic mass is 19.1. The van der Waals surface area contributed by atoms with Crippen LogP contribution in [-0.2, 0) is 9.53 Å². The largest absolute Gasteiger partial charge is 0.381 e. The summed E-state index contributed by atoms with van der Waals surface area (Å²) in [4.78, 5) is 20.0. The van der Waals surface area contributed by atoms with Crippen molar-refractivity contribution in [2.45, 2.75) is 124 Å². The average molecular weight is 729 g/mol. The first-order valence-electron chi connectivity index (χ1n) is 21.7. The van der Waals surface area contributed by atoms with Crippen LogP contribution in [0.2, 0.25) is 0 Å². The van der Waals surface area contributed by atoms with Crippen molar-refractivity contribution in [1.82, 2.24) is 4.98 Å². The van der Waals surface area contributed by atoms with E-state index in [1.165, 1.54) is 43.2 Å². The number of allylic oxidation sites excluding steroid dienone is 9. The highest BCUT2D eigenvalue weighted by molar-refractivity contribution is 6.02. The molecule has 5 heteroatoms. The third-order valence-electron chi connectivity index (χ3n) is 15.2. The Morgan fingerprint density at radius 3 is 2.50 bits per heavy atom. The number of ketones is 1. The Balaban J connectivity index is 1.06. The minimum Gasteiger partial charge on any atom is -0.381 e. The summed E-state index contributed by atoms with van der Waals surface area (Å²) in [5.41, 5.74) is 10.4. The van der Waals surface area contributed by atoms with Gasteiger partial charge >= 0.3 is 0 Å². The molecule has 0 radical (unpaired) electrons. The molecule has 1 N–H and O–H groups in total.